The van der Waals surface area contributed by atoms with Gasteiger partial charge in [0.2, 0.25) is 5.91 Å². The molecule has 2 aliphatic rings. The molecule has 1 aliphatic heterocycles. The second-order valence-corrected chi connectivity index (χ2v) is 8.69. The number of rotatable bonds is 4. The van der Waals surface area contributed by atoms with Gasteiger partial charge in [-0.1, -0.05) is 0 Å². The molecule has 0 unspecified atom stereocenters. The molecule has 1 aromatic carbocycles. The molecule has 1 saturated heterocycles. The summed E-state index contributed by atoms with van der Waals surface area (Å²) in [5, 5.41) is 3.39. The van der Waals surface area contributed by atoms with Crippen molar-refractivity contribution in [2.75, 3.05) is 4.90 Å². The second kappa shape index (κ2) is 6.90. The number of aromatic nitrogens is 5. The van der Waals surface area contributed by atoms with Crippen LogP contribution < -0.4 is 4.90 Å². The van der Waals surface area contributed by atoms with Crippen LogP contribution in [0.3, 0.4) is 0 Å². The molecule has 10 heteroatoms. The molecular weight excluding hydrogens is 433 g/mol. The Labute approximate surface area is 186 Å². The zero-order chi connectivity index (χ0) is 22.9. The quantitative estimate of drug-likeness (QED) is 0.455. The maximum atomic E-state index is 13.2. The Morgan fingerprint density at radius 3 is 2.64 bits per heavy atom. The van der Waals surface area contributed by atoms with Crippen LogP contribution in [0.15, 0.2) is 49.2 Å². The molecule has 1 aliphatic carbocycles. The van der Waals surface area contributed by atoms with Gasteiger partial charge >= 0.3 is 6.30 Å². The largest absolute Gasteiger partial charge is 0.504 e. The highest BCUT2D eigenvalue weighted by molar-refractivity contribution is 6.04. The number of anilines is 1. The van der Waals surface area contributed by atoms with Gasteiger partial charge in [-0.3, -0.25) is 9.78 Å². The van der Waals surface area contributed by atoms with Gasteiger partial charge in [-0.15, -0.1) is 13.2 Å². The molecule has 0 bridgehead atoms. The fraction of sp³-hybridized carbons (Fsp3) is 0.304. The van der Waals surface area contributed by atoms with Crippen molar-refractivity contribution < 1.29 is 18.0 Å². The number of imidazole rings is 1. The standard InChI is InChI=1S/C23H19F3N6O/c1-12-6-18(14-8-30-31(10-14)23(24,25)26)27-9-16(12)21-20(13-2-3-13)22(33)32(21)15-4-5-17-19(7-15)29-11-28-17/h4-11,13,20-21H,2-3H2,1H3,(H,28,29)/t20-,21+/m0/s1. The molecule has 0 radical (unpaired) electrons. The minimum Gasteiger partial charge on any atom is -0.345 e. The topological polar surface area (TPSA) is 79.7 Å². The Hall–Kier alpha value is -3.69. The second-order valence-electron chi connectivity index (χ2n) is 8.69. The predicted octanol–water partition coefficient (Wildman–Crippen LogP) is 4.72. The maximum absolute atomic E-state index is 13.2. The molecule has 0 spiro atoms. The summed E-state index contributed by atoms with van der Waals surface area (Å²) in [7, 11) is 0. The van der Waals surface area contributed by atoms with Crippen LogP contribution >= 0.6 is 0 Å². The molecule has 6 rings (SSSR count). The summed E-state index contributed by atoms with van der Waals surface area (Å²) in [6.45, 7) is 1.90. The van der Waals surface area contributed by atoms with Gasteiger partial charge < -0.3 is 9.88 Å². The molecular formula is C23H19F3N6O. The molecule has 4 aromatic rings. The van der Waals surface area contributed by atoms with Crippen molar-refractivity contribution in [2.45, 2.75) is 32.1 Å². The summed E-state index contributed by atoms with van der Waals surface area (Å²) in [5.74, 6) is 0.337. The van der Waals surface area contributed by atoms with E-state index in [9.17, 15) is 18.0 Å². The van der Waals surface area contributed by atoms with Crippen LogP contribution in [0.1, 0.15) is 30.0 Å². The number of hydrogen-bond donors (Lipinski definition) is 1. The first-order valence-electron chi connectivity index (χ1n) is 10.7. The number of halogens is 3. The van der Waals surface area contributed by atoms with E-state index in [0.29, 0.717) is 11.6 Å². The first-order valence-corrected chi connectivity index (χ1v) is 10.7. The smallest absolute Gasteiger partial charge is 0.345 e. The van der Waals surface area contributed by atoms with E-state index in [1.807, 2.05) is 25.1 Å². The number of fused-ring (bicyclic) bond motifs is 1. The monoisotopic (exact) mass is 452 g/mol. The van der Waals surface area contributed by atoms with E-state index in [1.165, 1.54) is 0 Å². The summed E-state index contributed by atoms with van der Waals surface area (Å²) in [5.41, 5.74) is 4.91. The maximum Gasteiger partial charge on any atom is 0.504 e. The van der Waals surface area contributed by atoms with E-state index < -0.39 is 6.30 Å². The number of hydrogen-bond acceptors (Lipinski definition) is 4. The number of β-lactam (4-membered cyclic amide) rings is 1. The highest BCUT2D eigenvalue weighted by Gasteiger charge is 2.55. The Balaban J connectivity index is 1.37. The van der Waals surface area contributed by atoms with Crippen molar-refractivity contribution in [3.8, 4) is 11.3 Å². The predicted molar refractivity (Wildman–Crippen MR) is 114 cm³/mol. The van der Waals surface area contributed by atoms with Crippen molar-refractivity contribution >= 4 is 22.6 Å². The molecule has 33 heavy (non-hydrogen) atoms. The number of carbonyl (C=O) groups excluding carboxylic acids is 1. The average Bonchev–Trinajstić information content (AvgIpc) is 3.25. The number of nitrogens with zero attached hydrogens (tertiary/aromatic N) is 5. The van der Waals surface area contributed by atoms with Gasteiger partial charge in [0, 0.05) is 23.6 Å². The van der Waals surface area contributed by atoms with E-state index in [-0.39, 0.29) is 28.1 Å². The normalized spacial score (nSPS) is 21.0. The van der Waals surface area contributed by atoms with Crippen molar-refractivity contribution in [3.63, 3.8) is 0 Å². The molecule has 2 fully saturated rings. The summed E-state index contributed by atoms with van der Waals surface area (Å²) >= 11 is 0. The van der Waals surface area contributed by atoms with Crippen LogP contribution in [-0.4, -0.2) is 30.6 Å². The third-order valence-corrected chi connectivity index (χ3v) is 6.56. The Morgan fingerprint density at radius 1 is 1.12 bits per heavy atom. The highest BCUT2D eigenvalue weighted by Crippen LogP contribution is 2.54. The number of carbonyl (C=O) groups is 1. The van der Waals surface area contributed by atoms with Crippen LogP contribution in [0.25, 0.3) is 22.3 Å². The number of aromatic amines is 1. The zero-order valence-corrected chi connectivity index (χ0v) is 17.5. The Morgan fingerprint density at radius 2 is 1.94 bits per heavy atom. The van der Waals surface area contributed by atoms with Gasteiger partial charge in [0.15, 0.2) is 0 Å². The van der Waals surface area contributed by atoms with Crippen molar-refractivity contribution in [1.29, 1.82) is 0 Å². The first kappa shape index (κ1) is 20.0. The fourth-order valence-electron chi connectivity index (χ4n) is 4.74. The van der Waals surface area contributed by atoms with Crippen molar-refractivity contribution in [3.05, 3.63) is 60.3 Å². The third kappa shape index (κ3) is 3.20. The van der Waals surface area contributed by atoms with E-state index in [4.69, 9.17) is 0 Å². The fourth-order valence-corrected chi connectivity index (χ4v) is 4.74. The SMILES string of the molecule is Cc1cc(-c2cnn(C(F)(F)F)c2)ncc1[C@@H]1[C@H](C2CC2)C(=O)N1c1ccc2[nH]cnc2c1. The van der Waals surface area contributed by atoms with E-state index in [0.717, 1.165) is 53.1 Å². The lowest BCUT2D eigenvalue weighted by molar-refractivity contribution is -0.212. The number of pyridine rings is 1. The number of amides is 1. The summed E-state index contributed by atoms with van der Waals surface area (Å²) in [6, 6.07) is 7.29. The highest BCUT2D eigenvalue weighted by atomic mass is 19.4. The number of aryl methyl sites for hydroxylation is 1. The van der Waals surface area contributed by atoms with Crippen LogP contribution in [0.2, 0.25) is 0 Å². The Bertz CT molecular complexity index is 1390. The number of alkyl halides is 3. The molecule has 3 aromatic heterocycles. The van der Waals surface area contributed by atoms with E-state index in [2.05, 4.69) is 20.1 Å². The number of H-pyrrole nitrogens is 1. The van der Waals surface area contributed by atoms with Crippen LogP contribution in [0, 0.1) is 18.8 Å². The molecule has 2 atom stereocenters. The van der Waals surface area contributed by atoms with Crippen molar-refractivity contribution in [1.82, 2.24) is 24.7 Å². The third-order valence-electron chi connectivity index (χ3n) is 6.56. The zero-order valence-electron chi connectivity index (χ0n) is 17.5. The minimum absolute atomic E-state index is 0.0338. The van der Waals surface area contributed by atoms with Crippen LogP contribution in [-0.2, 0) is 11.1 Å². The van der Waals surface area contributed by atoms with Gasteiger partial charge in [0.25, 0.3) is 0 Å². The molecule has 7 nitrogen and oxygen atoms in total. The molecule has 1 saturated carbocycles. The van der Waals surface area contributed by atoms with Gasteiger partial charge in [0.1, 0.15) is 0 Å². The van der Waals surface area contributed by atoms with Crippen LogP contribution in [0.5, 0.6) is 0 Å². The lowest BCUT2D eigenvalue weighted by Gasteiger charge is -2.48. The number of benzene rings is 1. The van der Waals surface area contributed by atoms with Crippen LogP contribution in [0.4, 0.5) is 18.9 Å². The Kier molecular flexibility index (Phi) is 4.17. The summed E-state index contributed by atoms with van der Waals surface area (Å²) in [4.78, 5) is 26.7. The molecule has 1 amide bonds. The molecule has 1 N–H and O–H groups in total. The summed E-state index contributed by atoms with van der Waals surface area (Å²) < 4.78 is 38.7. The van der Waals surface area contributed by atoms with Crippen molar-refractivity contribution in [2.24, 2.45) is 11.8 Å². The molecule has 168 valence electrons. The van der Waals surface area contributed by atoms with E-state index in [1.54, 1.807) is 23.5 Å². The minimum atomic E-state index is -4.58. The van der Waals surface area contributed by atoms with Gasteiger partial charge in [-0.2, -0.15) is 9.78 Å². The lowest BCUT2D eigenvalue weighted by atomic mass is 9.77. The number of nitrogens with one attached hydrogen (secondary N) is 1. The average molecular weight is 452 g/mol. The lowest BCUT2D eigenvalue weighted by Crippen LogP contribution is -2.56. The summed E-state index contributed by atoms with van der Waals surface area (Å²) in [6.07, 6.45) is 2.85. The van der Waals surface area contributed by atoms with E-state index >= 15 is 0 Å². The van der Waals surface area contributed by atoms with Gasteiger partial charge in [-0.05, 0) is 61.1 Å². The molecule has 4 heterocycles. The first-order chi connectivity index (χ1) is 15.8. The van der Waals surface area contributed by atoms with Gasteiger partial charge in [0.05, 0.1) is 41.2 Å². The van der Waals surface area contributed by atoms with Gasteiger partial charge in [-0.25, -0.2) is 4.98 Å².